The maximum absolute atomic E-state index is 13.1. The van der Waals surface area contributed by atoms with Gasteiger partial charge in [-0.3, -0.25) is 8.78 Å². The Balaban J connectivity index is 1.72. The highest BCUT2D eigenvalue weighted by Crippen LogP contribution is 2.49. The van der Waals surface area contributed by atoms with Crippen LogP contribution < -0.4 is 9.47 Å². The van der Waals surface area contributed by atoms with E-state index in [1.165, 1.54) is 0 Å². The fourth-order valence-corrected chi connectivity index (χ4v) is 6.11. The predicted octanol–water partition coefficient (Wildman–Crippen LogP) is 9.00. The Morgan fingerprint density at radius 2 is 1.49 bits per heavy atom. The maximum Gasteiger partial charge on any atom is 0.138 e. The zero-order chi connectivity index (χ0) is 27.1. The van der Waals surface area contributed by atoms with E-state index < -0.39 is 19.0 Å². The number of halogens is 2. The smallest absolute Gasteiger partial charge is 0.138 e. The monoisotopic (exact) mass is 548 g/mol. The van der Waals surface area contributed by atoms with Crippen molar-refractivity contribution in [3.8, 4) is 22.6 Å². The van der Waals surface area contributed by atoms with Crippen LogP contribution in [0.5, 0.6) is 11.5 Å². The molecule has 204 valence electrons. The largest absolute Gasteiger partial charge is 0.488 e. The van der Waals surface area contributed by atoms with Crippen LogP contribution in [0.2, 0.25) is 0 Å². The molecule has 5 rings (SSSR count). The van der Waals surface area contributed by atoms with Gasteiger partial charge < -0.3 is 14.6 Å². The van der Waals surface area contributed by atoms with E-state index in [9.17, 15) is 13.9 Å². The Hall–Kier alpha value is -3.09. The van der Waals surface area contributed by atoms with Crippen LogP contribution in [0.1, 0.15) is 49.7 Å². The number of ether oxygens (including phenoxy) is 2. The number of aliphatic hydroxyl groups is 1. The number of thioether (sulfide) groups is 1. The highest BCUT2D eigenvalue weighted by Gasteiger charge is 2.34. The fourth-order valence-electron chi connectivity index (χ4n) is 5.33. The summed E-state index contributed by atoms with van der Waals surface area (Å²) in [5.74, 6) is 2.04. The first kappa shape index (κ1) is 27.5. The molecule has 39 heavy (non-hydrogen) atoms. The van der Waals surface area contributed by atoms with E-state index in [0.717, 1.165) is 43.7 Å². The minimum absolute atomic E-state index is 0.371. The van der Waals surface area contributed by atoms with Gasteiger partial charge in [-0.15, -0.1) is 0 Å². The SMILES string of the molecule is OC(CCCCF)(CCCCF)c1cc(OCc2ccccc2)c2cc3c(cc2c1-c1ccccc1)OCS3. The summed E-state index contributed by atoms with van der Waals surface area (Å²) >= 11 is 1.65. The van der Waals surface area contributed by atoms with Gasteiger partial charge in [0.15, 0.2) is 0 Å². The summed E-state index contributed by atoms with van der Waals surface area (Å²) in [6, 6.07) is 26.1. The number of fused-ring (bicyclic) bond motifs is 2. The molecule has 0 bridgehead atoms. The standard InChI is InChI=1S/C33H34F2O3S/c34-17-9-7-15-33(36,16-8-10-18-35)28-21-29(37-22-24-11-3-1-4-12-24)26-20-31-30(38-23-39-31)19-27(26)32(28)25-13-5-2-6-14-25/h1-6,11-14,19-21,36H,7-10,15-18,22-23H2. The van der Waals surface area contributed by atoms with E-state index in [1.807, 2.05) is 66.7 Å². The first-order valence-electron chi connectivity index (χ1n) is 13.6. The van der Waals surface area contributed by atoms with Gasteiger partial charge in [-0.2, -0.15) is 0 Å². The van der Waals surface area contributed by atoms with Crippen LogP contribution in [0.3, 0.4) is 0 Å². The molecule has 1 heterocycles. The van der Waals surface area contributed by atoms with E-state index in [2.05, 4.69) is 12.1 Å². The quantitative estimate of drug-likeness (QED) is 0.169. The van der Waals surface area contributed by atoms with Gasteiger partial charge in [-0.05, 0) is 84.4 Å². The van der Waals surface area contributed by atoms with Crippen molar-refractivity contribution in [3.05, 3.63) is 90.0 Å². The molecule has 0 fully saturated rings. The number of unbranched alkanes of at least 4 members (excludes halogenated alkanes) is 2. The average molecular weight is 549 g/mol. The van der Waals surface area contributed by atoms with E-state index in [1.54, 1.807) is 11.8 Å². The third-order valence-electron chi connectivity index (χ3n) is 7.34. The molecule has 0 amide bonds. The Labute approximate surface area is 233 Å². The molecule has 1 aliphatic rings. The van der Waals surface area contributed by atoms with Crippen molar-refractivity contribution < 1.29 is 23.4 Å². The molecule has 6 heteroatoms. The average Bonchev–Trinajstić information content (AvgIpc) is 3.43. The lowest BCUT2D eigenvalue weighted by molar-refractivity contribution is 0.0133. The Morgan fingerprint density at radius 1 is 0.821 bits per heavy atom. The first-order chi connectivity index (χ1) is 19.1. The molecule has 0 spiro atoms. The van der Waals surface area contributed by atoms with Crippen LogP contribution in [-0.4, -0.2) is 24.4 Å². The highest BCUT2D eigenvalue weighted by atomic mass is 32.2. The van der Waals surface area contributed by atoms with Gasteiger partial charge in [0.2, 0.25) is 0 Å². The van der Waals surface area contributed by atoms with Crippen LogP contribution in [0, 0.1) is 0 Å². The number of hydrogen-bond donors (Lipinski definition) is 1. The summed E-state index contributed by atoms with van der Waals surface area (Å²) < 4.78 is 38.6. The molecule has 3 nitrogen and oxygen atoms in total. The third-order valence-corrected chi connectivity index (χ3v) is 8.21. The molecule has 0 aliphatic carbocycles. The van der Waals surface area contributed by atoms with Crippen molar-refractivity contribution >= 4 is 22.5 Å². The van der Waals surface area contributed by atoms with Gasteiger partial charge in [0, 0.05) is 5.39 Å². The topological polar surface area (TPSA) is 38.7 Å². The second-order valence-electron chi connectivity index (χ2n) is 10.0. The van der Waals surface area contributed by atoms with Crippen LogP contribution in [0.4, 0.5) is 8.78 Å². The zero-order valence-corrected chi connectivity index (χ0v) is 22.8. The van der Waals surface area contributed by atoms with Crippen molar-refractivity contribution in [2.45, 2.75) is 55.6 Å². The molecule has 0 saturated heterocycles. The van der Waals surface area contributed by atoms with Crippen LogP contribution >= 0.6 is 11.8 Å². The van der Waals surface area contributed by atoms with Gasteiger partial charge >= 0.3 is 0 Å². The Morgan fingerprint density at radius 3 is 2.15 bits per heavy atom. The van der Waals surface area contributed by atoms with Crippen molar-refractivity contribution in [2.24, 2.45) is 0 Å². The summed E-state index contributed by atoms with van der Waals surface area (Å²) in [5.41, 5.74) is 2.37. The normalized spacial score (nSPS) is 12.9. The second-order valence-corrected chi connectivity index (χ2v) is 11.0. The van der Waals surface area contributed by atoms with Gasteiger partial charge in [-0.1, -0.05) is 72.4 Å². The van der Waals surface area contributed by atoms with E-state index in [4.69, 9.17) is 9.47 Å². The predicted molar refractivity (Wildman–Crippen MR) is 155 cm³/mol. The molecular formula is C33H34F2O3S. The Kier molecular flexibility index (Phi) is 9.05. The second kappa shape index (κ2) is 12.8. The van der Waals surface area contributed by atoms with Crippen LogP contribution in [0.15, 0.2) is 83.8 Å². The van der Waals surface area contributed by atoms with Gasteiger partial charge in [0.05, 0.1) is 23.8 Å². The molecule has 4 aromatic rings. The lowest BCUT2D eigenvalue weighted by Gasteiger charge is -2.33. The molecule has 0 radical (unpaired) electrons. The number of benzene rings is 4. The molecule has 0 aromatic heterocycles. The summed E-state index contributed by atoms with van der Waals surface area (Å²) in [6.45, 7) is -0.490. The fraction of sp³-hybridized carbons (Fsp3) is 0.333. The Bertz CT molecular complexity index is 1370. The third kappa shape index (κ3) is 6.23. The minimum atomic E-state index is -1.27. The van der Waals surface area contributed by atoms with Crippen molar-refractivity contribution in [1.29, 1.82) is 0 Å². The maximum atomic E-state index is 13.1. The van der Waals surface area contributed by atoms with Crippen molar-refractivity contribution in [3.63, 3.8) is 0 Å². The summed E-state index contributed by atoms with van der Waals surface area (Å²) in [5, 5.41) is 14.2. The molecular weight excluding hydrogens is 514 g/mol. The first-order valence-corrected chi connectivity index (χ1v) is 14.6. The summed E-state index contributed by atoms with van der Waals surface area (Å²) in [7, 11) is 0. The minimum Gasteiger partial charge on any atom is -0.488 e. The number of rotatable bonds is 13. The van der Waals surface area contributed by atoms with E-state index in [0.29, 0.717) is 56.8 Å². The van der Waals surface area contributed by atoms with Gasteiger partial charge in [0.1, 0.15) is 24.0 Å². The van der Waals surface area contributed by atoms with Crippen LogP contribution in [0.25, 0.3) is 21.9 Å². The molecule has 1 N–H and O–H groups in total. The highest BCUT2D eigenvalue weighted by molar-refractivity contribution is 7.99. The molecule has 0 saturated carbocycles. The lowest BCUT2D eigenvalue weighted by Crippen LogP contribution is -2.27. The van der Waals surface area contributed by atoms with E-state index in [-0.39, 0.29) is 0 Å². The zero-order valence-electron chi connectivity index (χ0n) is 22.0. The van der Waals surface area contributed by atoms with Gasteiger partial charge in [-0.25, -0.2) is 0 Å². The van der Waals surface area contributed by atoms with Crippen molar-refractivity contribution in [1.82, 2.24) is 0 Å². The van der Waals surface area contributed by atoms with Gasteiger partial charge in [0.25, 0.3) is 0 Å². The summed E-state index contributed by atoms with van der Waals surface area (Å²) in [6.07, 6.45) is 2.55. The molecule has 0 unspecified atom stereocenters. The summed E-state index contributed by atoms with van der Waals surface area (Å²) in [4.78, 5) is 1.06. The molecule has 1 aliphatic heterocycles. The van der Waals surface area contributed by atoms with Crippen LogP contribution in [-0.2, 0) is 12.2 Å². The van der Waals surface area contributed by atoms with Crippen molar-refractivity contribution in [2.75, 3.05) is 19.3 Å². The number of alkyl halides is 2. The lowest BCUT2D eigenvalue weighted by atomic mass is 9.78. The molecule has 4 aromatic carbocycles. The molecule has 0 atom stereocenters. The number of hydrogen-bond acceptors (Lipinski definition) is 4. The van der Waals surface area contributed by atoms with E-state index >= 15 is 0 Å².